The molecule has 1 fully saturated rings. The molecule has 0 aromatic heterocycles. The van der Waals surface area contributed by atoms with Crippen LogP contribution >= 0.6 is 0 Å². The molecule has 0 radical (unpaired) electrons. The number of nitrogens with two attached hydrogens (primary N) is 1. The van der Waals surface area contributed by atoms with E-state index in [-0.39, 0.29) is 23.7 Å². The minimum atomic E-state index is -0.767. The van der Waals surface area contributed by atoms with Crippen LogP contribution in [-0.2, 0) is 4.79 Å². The number of primary amides is 1. The summed E-state index contributed by atoms with van der Waals surface area (Å²) in [6.07, 6.45) is 0.858. The average molecular weight is 294 g/mol. The molecule has 2 rings (SSSR count). The van der Waals surface area contributed by atoms with E-state index in [4.69, 9.17) is 5.73 Å². The molecule has 0 aliphatic carbocycles. The molecule has 1 heterocycles. The Bertz CT molecular complexity index is 545. The van der Waals surface area contributed by atoms with E-state index in [1.54, 1.807) is 19.9 Å². The van der Waals surface area contributed by atoms with Crippen LogP contribution in [-0.4, -0.2) is 23.6 Å². The van der Waals surface area contributed by atoms with Crippen LogP contribution < -0.4 is 10.6 Å². The second kappa shape index (κ2) is 6.02. The summed E-state index contributed by atoms with van der Waals surface area (Å²) in [6, 6.07) is 3.36. The highest BCUT2D eigenvalue weighted by Crippen LogP contribution is 2.34. The van der Waals surface area contributed by atoms with E-state index < -0.39 is 6.10 Å². The number of piperidine rings is 1. The number of aryl methyl sites for hydroxylation is 1. The molecule has 1 aliphatic heterocycles. The van der Waals surface area contributed by atoms with Crippen LogP contribution in [0.3, 0.4) is 0 Å². The second-order valence-electron chi connectivity index (χ2n) is 6.01. The Morgan fingerprint density at radius 3 is 2.71 bits per heavy atom. The van der Waals surface area contributed by atoms with Crippen LogP contribution in [0.15, 0.2) is 12.1 Å². The van der Waals surface area contributed by atoms with Gasteiger partial charge >= 0.3 is 0 Å². The summed E-state index contributed by atoms with van der Waals surface area (Å²) in [4.78, 5) is 13.5. The van der Waals surface area contributed by atoms with Crippen LogP contribution in [0.5, 0.6) is 0 Å². The molecular weight excluding hydrogens is 271 g/mol. The van der Waals surface area contributed by atoms with E-state index in [1.807, 2.05) is 0 Å². The van der Waals surface area contributed by atoms with E-state index in [9.17, 15) is 14.3 Å². The Morgan fingerprint density at radius 2 is 2.14 bits per heavy atom. The summed E-state index contributed by atoms with van der Waals surface area (Å²) >= 11 is 0. The van der Waals surface area contributed by atoms with Crippen molar-refractivity contribution in [3.05, 3.63) is 29.1 Å². The molecule has 21 heavy (non-hydrogen) atoms. The zero-order valence-electron chi connectivity index (χ0n) is 12.8. The van der Waals surface area contributed by atoms with Gasteiger partial charge < -0.3 is 15.7 Å². The van der Waals surface area contributed by atoms with Gasteiger partial charge in [0.15, 0.2) is 0 Å². The number of aliphatic hydroxyl groups excluding tert-OH is 1. The predicted molar refractivity (Wildman–Crippen MR) is 80.5 cm³/mol. The largest absolute Gasteiger partial charge is 0.389 e. The molecule has 4 nitrogen and oxygen atoms in total. The van der Waals surface area contributed by atoms with Crippen molar-refractivity contribution >= 4 is 11.6 Å². The first-order valence-corrected chi connectivity index (χ1v) is 7.35. The van der Waals surface area contributed by atoms with E-state index in [0.29, 0.717) is 17.7 Å². The number of hydrogen-bond acceptors (Lipinski definition) is 3. The molecule has 1 aromatic rings. The van der Waals surface area contributed by atoms with Crippen molar-refractivity contribution in [3.8, 4) is 0 Å². The Hall–Kier alpha value is -1.62. The van der Waals surface area contributed by atoms with E-state index in [1.165, 1.54) is 6.07 Å². The molecular formula is C16H23FN2O2. The zero-order chi connectivity index (χ0) is 15.7. The highest BCUT2D eigenvalue weighted by Gasteiger charge is 2.30. The number of nitrogens with zero attached hydrogens (tertiary/aromatic N) is 1. The number of anilines is 1. The third-order valence-corrected chi connectivity index (χ3v) is 4.35. The van der Waals surface area contributed by atoms with Gasteiger partial charge in [-0.1, -0.05) is 0 Å². The first-order valence-electron chi connectivity index (χ1n) is 7.35. The Morgan fingerprint density at radius 1 is 1.48 bits per heavy atom. The molecule has 116 valence electrons. The fourth-order valence-corrected chi connectivity index (χ4v) is 2.94. The van der Waals surface area contributed by atoms with Gasteiger partial charge in [0.2, 0.25) is 5.91 Å². The monoisotopic (exact) mass is 294 g/mol. The fraction of sp³-hybridized carbons (Fsp3) is 0.562. The molecule has 0 saturated carbocycles. The number of halogens is 1. The lowest BCUT2D eigenvalue weighted by molar-refractivity contribution is -0.122. The van der Waals surface area contributed by atoms with Crippen molar-refractivity contribution in [2.75, 3.05) is 11.4 Å². The Labute approximate surface area is 124 Å². The van der Waals surface area contributed by atoms with Crippen LogP contribution in [0.2, 0.25) is 0 Å². The lowest BCUT2D eigenvalue weighted by Gasteiger charge is -2.40. The average Bonchev–Trinajstić information content (AvgIpc) is 2.41. The molecule has 1 amide bonds. The topological polar surface area (TPSA) is 66.6 Å². The molecule has 3 atom stereocenters. The molecule has 1 saturated heterocycles. The molecule has 0 bridgehead atoms. The number of aliphatic hydroxyl groups is 1. The summed E-state index contributed by atoms with van der Waals surface area (Å²) in [6.45, 7) is 5.90. The number of hydrogen-bond donors (Lipinski definition) is 2. The molecule has 5 heteroatoms. The van der Waals surface area contributed by atoms with Crippen molar-refractivity contribution in [3.63, 3.8) is 0 Å². The standard InChI is InChI=1S/C16H23FN2O2/c1-9-6-15(13(11(3)20)7-14(9)17)19-8-12(16(18)21)5-4-10(19)2/h6-7,10-12,20H,4-5,8H2,1-3H3,(H2,18,21)/t10?,11-,12?/m0/s1. The number of carbonyl (C=O) groups is 1. The SMILES string of the molecule is Cc1cc(N2CC(C(N)=O)CCC2C)c([C@H](C)O)cc1F. The highest BCUT2D eigenvalue weighted by molar-refractivity contribution is 5.78. The van der Waals surface area contributed by atoms with Crippen molar-refractivity contribution in [1.29, 1.82) is 0 Å². The van der Waals surface area contributed by atoms with E-state index in [0.717, 1.165) is 18.5 Å². The van der Waals surface area contributed by atoms with Crippen molar-refractivity contribution in [2.45, 2.75) is 45.8 Å². The molecule has 1 aromatic carbocycles. The summed E-state index contributed by atoms with van der Waals surface area (Å²) in [5.41, 5.74) is 7.31. The van der Waals surface area contributed by atoms with Gasteiger partial charge in [-0.3, -0.25) is 4.79 Å². The van der Waals surface area contributed by atoms with Crippen molar-refractivity contribution in [1.82, 2.24) is 0 Å². The summed E-state index contributed by atoms with van der Waals surface area (Å²) in [5, 5.41) is 9.93. The first kappa shape index (κ1) is 15.8. The third-order valence-electron chi connectivity index (χ3n) is 4.35. The molecule has 3 N–H and O–H groups in total. The van der Waals surface area contributed by atoms with E-state index >= 15 is 0 Å². The first-order chi connectivity index (χ1) is 9.81. The van der Waals surface area contributed by atoms with Crippen LogP contribution in [0.4, 0.5) is 10.1 Å². The highest BCUT2D eigenvalue weighted by atomic mass is 19.1. The third kappa shape index (κ3) is 3.18. The number of benzene rings is 1. The minimum Gasteiger partial charge on any atom is -0.389 e. The number of amides is 1. The van der Waals surface area contributed by atoms with Gasteiger partial charge in [-0.25, -0.2) is 4.39 Å². The van der Waals surface area contributed by atoms with Crippen molar-refractivity contribution in [2.24, 2.45) is 11.7 Å². The maximum atomic E-state index is 13.8. The van der Waals surface area contributed by atoms with Gasteiger partial charge in [-0.15, -0.1) is 0 Å². The summed E-state index contributed by atoms with van der Waals surface area (Å²) in [7, 11) is 0. The lowest BCUT2D eigenvalue weighted by atomic mass is 9.91. The van der Waals surface area contributed by atoms with Crippen molar-refractivity contribution < 1.29 is 14.3 Å². The van der Waals surface area contributed by atoms with Crippen LogP contribution in [0.1, 0.15) is 43.9 Å². The minimum absolute atomic E-state index is 0.201. The fourth-order valence-electron chi connectivity index (χ4n) is 2.94. The molecule has 2 unspecified atom stereocenters. The Balaban J connectivity index is 2.43. The number of carbonyl (C=O) groups excluding carboxylic acids is 1. The quantitative estimate of drug-likeness (QED) is 0.898. The van der Waals surface area contributed by atoms with Gasteiger partial charge in [0.25, 0.3) is 0 Å². The van der Waals surface area contributed by atoms with Gasteiger partial charge in [0.1, 0.15) is 5.82 Å². The zero-order valence-corrected chi connectivity index (χ0v) is 12.8. The maximum absolute atomic E-state index is 13.8. The summed E-state index contributed by atoms with van der Waals surface area (Å²) in [5.74, 6) is -0.830. The van der Waals surface area contributed by atoms with Gasteiger partial charge in [-0.05, 0) is 51.3 Å². The van der Waals surface area contributed by atoms with E-state index in [2.05, 4.69) is 11.8 Å². The van der Waals surface area contributed by atoms with Gasteiger partial charge in [0.05, 0.1) is 12.0 Å². The normalized spacial score (nSPS) is 24.0. The predicted octanol–water partition coefficient (Wildman–Crippen LogP) is 2.28. The van der Waals surface area contributed by atoms with Crippen LogP contribution in [0.25, 0.3) is 0 Å². The molecule has 0 spiro atoms. The van der Waals surface area contributed by atoms with Crippen LogP contribution in [0, 0.1) is 18.7 Å². The smallest absolute Gasteiger partial charge is 0.222 e. The van der Waals surface area contributed by atoms with Gasteiger partial charge in [-0.2, -0.15) is 0 Å². The summed E-state index contributed by atoms with van der Waals surface area (Å²) < 4.78 is 13.8. The Kier molecular flexibility index (Phi) is 4.52. The maximum Gasteiger partial charge on any atom is 0.222 e. The second-order valence-corrected chi connectivity index (χ2v) is 6.01. The number of rotatable bonds is 3. The molecule has 1 aliphatic rings. The van der Waals surface area contributed by atoms with Gasteiger partial charge in [0, 0.05) is 23.8 Å². The lowest BCUT2D eigenvalue weighted by Crippen LogP contribution is -2.46.